The monoisotopic (exact) mass is 366 g/mol. The number of carbonyl (C=O) groups excluding carboxylic acids is 1. The van der Waals surface area contributed by atoms with Gasteiger partial charge in [-0.3, -0.25) is 9.69 Å². The molecular formula is C23H30N2O2. The van der Waals surface area contributed by atoms with E-state index in [0.29, 0.717) is 19.0 Å². The largest absolute Gasteiger partial charge is 0.379 e. The first-order valence-corrected chi connectivity index (χ1v) is 9.88. The first-order chi connectivity index (χ1) is 13.2. The van der Waals surface area contributed by atoms with Gasteiger partial charge in [0.15, 0.2) is 0 Å². The number of nitrogens with one attached hydrogen (secondary N) is 1. The molecule has 0 aliphatic carbocycles. The van der Waals surface area contributed by atoms with Gasteiger partial charge in [0.1, 0.15) is 0 Å². The van der Waals surface area contributed by atoms with Crippen LogP contribution in [0.1, 0.15) is 23.1 Å². The molecule has 3 rings (SSSR count). The van der Waals surface area contributed by atoms with Crippen molar-refractivity contribution in [3.63, 3.8) is 0 Å². The summed E-state index contributed by atoms with van der Waals surface area (Å²) in [5, 5.41) is 3.16. The summed E-state index contributed by atoms with van der Waals surface area (Å²) in [7, 11) is 0. The van der Waals surface area contributed by atoms with Crippen molar-refractivity contribution in [2.45, 2.75) is 32.2 Å². The lowest BCUT2D eigenvalue weighted by Gasteiger charge is -2.34. The third kappa shape index (κ3) is 6.49. The van der Waals surface area contributed by atoms with Crippen LogP contribution in [0.5, 0.6) is 0 Å². The highest BCUT2D eigenvalue weighted by molar-refractivity contribution is 5.76. The number of carbonyl (C=O) groups is 1. The molecule has 1 heterocycles. The van der Waals surface area contributed by atoms with Gasteiger partial charge < -0.3 is 10.1 Å². The van der Waals surface area contributed by atoms with Crippen LogP contribution in [0.4, 0.5) is 0 Å². The highest BCUT2D eigenvalue weighted by Crippen LogP contribution is 2.11. The fourth-order valence-electron chi connectivity index (χ4n) is 3.49. The first kappa shape index (κ1) is 19.6. The molecule has 1 aliphatic rings. The molecule has 4 heteroatoms. The van der Waals surface area contributed by atoms with Crippen LogP contribution in [0.2, 0.25) is 0 Å². The summed E-state index contributed by atoms with van der Waals surface area (Å²) in [5.74, 6) is 0.127. The average molecular weight is 367 g/mol. The summed E-state index contributed by atoms with van der Waals surface area (Å²) in [5.41, 5.74) is 3.77. The van der Waals surface area contributed by atoms with E-state index in [-0.39, 0.29) is 5.91 Å². The molecule has 1 N–H and O–H groups in total. The van der Waals surface area contributed by atoms with Gasteiger partial charge in [0.05, 0.1) is 13.2 Å². The van der Waals surface area contributed by atoms with Crippen molar-refractivity contribution >= 4 is 5.91 Å². The predicted octanol–water partition coefficient (Wildman–Crippen LogP) is 2.99. The number of hydrogen-bond acceptors (Lipinski definition) is 3. The second-order valence-corrected chi connectivity index (χ2v) is 7.28. The van der Waals surface area contributed by atoms with E-state index in [0.717, 1.165) is 39.1 Å². The molecule has 4 nitrogen and oxygen atoms in total. The van der Waals surface area contributed by atoms with Crippen molar-refractivity contribution in [3.05, 3.63) is 71.3 Å². The Morgan fingerprint density at radius 1 is 1.04 bits per heavy atom. The molecule has 1 amide bonds. The molecule has 0 saturated carbocycles. The lowest BCUT2D eigenvalue weighted by atomic mass is 10.0. The Balaban J connectivity index is 1.51. The summed E-state index contributed by atoms with van der Waals surface area (Å²) in [6, 6.07) is 19.2. The van der Waals surface area contributed by atoms with Gasteiger partial charge in [0.2, 0.25) is 5.91 Å². The van der Waals surface area contributed by atoms with Gasteiger partial charge in [-0.1, -0.05) is 60.2 Å². The summed E-state index contributed by atoms with van der Waals surface area (Å²) in [6.45, 7) is 6.16. The number of rotatable bonds is 8. The van der Waals surface area contributed by atoms with Gasteiger partial charge in [-0.2, -0.15) is 0 Å². The van der Waals surface area contributed by atoms with Gasteiger partial charge in [0.25, 0.3) is 0 Å². The molecule has 1 saturated heterocycles. The molecule has 1 atom stereocenters. The van der Waals surface area contributed by atoms with Gasteiger partial charge in [-0.05, 0) is 30.9 Å². The van der Waals surface area contributed by atoms with E-state index in [1.54, 1.807) is 0 Å². The Bertz CT molecular complexity index is 694. The Morgan fingerprint density at radius 3 is 2.44 bits per heavy atom. The zero-order valence-corrected chi connectivity index (χ0v) is 16.2. The molecular weight excluding hydrogens is 336 g/mol. The third-order valence-corrected chi connectivity index (χ3v) is 5.17. The second kappa shape index (κ2) is 10.2. The molecule has 0 spiro atoms. The highest BCUT2D eigenvalue weighted by Gasteiger charge is 2.21. The minimum absolute atomic E-state index is 0.127. The van der Waals surface area contributed by atoms with Crippen LogP contribution in [-0.4, -0.2) is 49.7 Å². The Kier molecular flexibility index (Phi) is 7.43. The Morgan fingerprint density at radius 2 is 1.74 bits per heavy atom. The van der Waals surface area contributed by atoms with E-state index >= 15 is 0 Å². The number of morpholine rings is 1. The summed E-state index contributed by atoms with van der Waals surface area (Å²) >= 11 is 0. The molecule has 2 aromatic carbocycles. The van der Waals surface area contributed by atoms with Gasteiger partial charge in [0, 0.05) is 32.1 Å². The maximum absolute atomic E-state index is 12.4. The lowest BCUT2D eigenvalue weighted by Crippen LogP contribution is -2.49. The van der Waals surface area contributed by atoms with E-state index < -0.39 is 0 Å². The van der Waals surface area contributed by atoms with Gasteiger partial charge in [-0.15, -0.1) is 0 Å². The summed E-state index contributed by atoms with van der Waals surface area (Å²) in [4.78, 5) is 14.8. The number of amides is 1. The van der Waals surface area contributed by atoms with Crippen LogP contribution >= 0.6 is 0 Å². The van der Waals surface area contributed by atoms with E-state index in [1.165, 1.54) is 16.7 Å². The first-order valence-electron chi connectivity index (χ1n) is 9.88. The van der Waals surface area contributed by atoms with Crippen LogP contribution < -0.4 is 5.32 Å². The minimum atomic E-state index is 0.127. The molecule has 0 bridgehead atoms. The Labute approximate surface area is 162 Å². The SMILES string of the molecule is Cc1ccc(CCC(=O)NCC(Cc2ccccc2)N2CCOCC2)cc1. The van der Waals surface area contributed by atoms with E-state index in [1.807, 2.05) is 6.07 Å². The molecule has 27 heavy (non-hydrogen) atoms. The van der Waals surface area contributed by atoms with Crippen molar-refractivity contribution in [3.8, 4) is 0 Å². The minimum Gasteiger partial charge on any atom is -0.379 e. The normalized spacial score (nSPS) is 16.0. The number of aryl methyl sites for hydroxylation is 2. The number of hydrogen-bond donors (Lipinski definition) is 1. The summed E-state index contributed by atoms with van der Waals surface area (Å²) in [6.07, 6.45) is 2.26. The smallest absolute Gasteiger partial charge is 0.220 e. The molecule has 0 aromatic heterocycles. The van der Waals surface area contributed by atoms with Crippen molar-refractivity contribution < 1.29 is 9.53 Å². The quantitative estimate of drug-likeness (QED) is 0.781. The van der Waals surface area contributed by atoms with Gasteiger partial charge >= 0.3 is 0 Å². The highest BCUT2D eigenvalue weighted by atomic mass is 16.5. The van der Waals surface area contributed by atoms with Crippen LogP contribution in [0.15, 0.2) is 54.6 Å². The van der Waals surface area contributed by atoms with Crippen molar-refractivity contribution in [1.82, 2.24) is 10.2 Å². The van der Waals surface area contributed by atoms with Crippen LogP contribution in [0.3, 0.4) is 0 Å². The molecule has 144 valence electrons. The number of benzene rings is 2. The zero-order valence-electron chi connectivity index (χ0n) is 16.2. The molecule has 1 aliphatic heterocycles. The molecule has 1 fully saturated rings. The van der Waals surface area contributed by atoms with Crippen molar-refractivity contribution in [2.24, 2.45) is 0 Å². The topological polar surface area (TPSA) is 41.6 Å². The maximum Gasteiger partial charge on any atom is 0.220 e. The van der Waals surface area contributed by atoms with Crippen molar-refractivity contribution in [1.29, 1.82) is 0 Å². The fraction of sp³-hybridized carbons (Fsp3) is 0.435. The van der Waals surface area contributed by atoms with Crippen LogP contribution in [0.25, 0.3) is 0 Å². The summed E-state index contributed by atoms with van der Waals surface area (Å²) < 4.78 is 5.49. The lowest BCUT2D eigenvalue weighted by molar-refractivity contribution is -0.121. The molecule has 0 radical (unpaired) electrons. The van der Waals surface area contributed by atoms with E-state index in [9.17, 15) is 4.79 Å². The fourth-order valence-corrected chi connectivity index (χ4v) is 3.49. The number of ether oxygens (including phenoxy) is 1. The van der Waals surface area contributed by atoms with Crippen LogP contribution in [-0.2, 0) is 22.4 Å². The van der Waals surface area contributed by atoms with Crippen molar-refractivity contribution in [2.75, 3.05) is 32.8 Å². The third-order valence-electron chi connectivity index (χ3n) is 5.17. The van der Waals surface area contributed by atoms with E-state index in [4.69, 9.17) is 4.74 Å². The average Bonchev–Trinajstić information content (AvgIpc) is 2.72. The zero-order chi connectivity index (χ0) is 18.9. The second-order valence-electron chi connectivity index (χ2n) is 7.28. The maximum atomic E-state index is 12.4. The standard InChI is InChI=1S/C23H30N2O2/c1-19-7-9-20(10-8-19)11-12-23(26)24-18-22(25-13-15-27-16-14-25)17-21-5-3-2-4-6-21/h2-10,22H,11-18H2,1H3,(H,24,26). The number of nitrogens with zero attached hydrogens (tertiary/aromatic N) is 1. The molecule has 2 aromatic rings. The van der Waals surface area contributed by atoms with E-state index in [2.05, 4.69) is 65.7 Å². The predicted molar refractivity (Wildman–Crippen MR) is 109 cm³/mol. The van der Waals surface area contributed by atoms with Gasteiger partial charge in [-0.25, -0.2) is 0 Å². The Hall–Kier alpha value is -2.17. The van der Waals surface area contributed by atoms with Crippen LogP contribution in [0, 0.1) is 6.92 Å². The molecule has 1 unspecified atom stereocenters.